The number of carboxylic acid groups (broad SMARTS) is 1. The van der Waals surface area contributed by atoms with Crippen LogP contribution in [0.1, 0.15) is 33.6 Å². The largest absolute Gasteiger partial charge is 0.480 e. The monoisotopic (exact) mass is 401 g/mol. The van der Waals surface area contributed by atoms with E-state index in [-0.39, 0.29) is 24.8 Å². The van der Waals surface area contributed by atoms with Crippen molar-refractivity contribution in [1.82, 2.24) is 16.0 Å². The van der Waals surface area contributed by atoms with E-state index >= 15 is 0 Å². The quantitative estimate of drug-likeness (QED) is 0.103. The van der Waals surface area contributed by atoms with Crippen LogP contribution in [0, 0.1) is 5.92 Å². The lowest BCUT2D eigenvalue weighted by Crippen LogP contribution is -2.55. The molecule has 12 nitrogen and oxygen atoms in total. The summed E-state index contributed by atoms with van der Waals surface area (Å²) >= 11 is 0. The second kappa shape index (κ2) is 12.5. The third-order valence-electron chi connectivity index (χ3n) is 3.77. The summed E-state index contributed by atoms with van der Waals surface area (Å²) in [4.78, 5) is 50.9. The van der Waals surface area contributed by atoms with Crippen LogP contribution in [0.5, 0.6) is 0 Å². The van der Waals surface area contributed by atoms with Crippen LogP contribution in [-0.4, -0.2) is 66.0 Å². The first kappa shape index (κ1) is 25.1. The standard InChI is InChI=1S/C16H31N7O5/c1-8(2)12(17)15(28)22-9(3)13(26)23-10(5-4-6-20-16(18)19)14(27)21-7-11(24)25/h8-10,12H,4-7,17H2,1-3H3,(H,21,27)(H,22,28)(H,23,26)(H,24,25)(H4,18,19,20). The van der Waals surface area contributed by atoms with Gasteiger partial charge in [0.25, 0.3) is 0 Å². The molecule has 0 aliphatic rings. The van der Waals surface area contributed by atoms with Gasteiger partial charge in [-0.1, -0.05) is 13.8 Å². The van der Waals surface area contributed by atoms with Gasteiger partial charge in [0.15, 0.2) is 5.96 Å². The molecule has 3 unspecified atom stereocenters. The molecule has 0 aromatic heterocycles. The zero-order valence-electron chi connectivity index (χ0n) is 16.4. The highest BCUT2D eigenvalue weighted by atomic mass is 16.4. The number of nitrogens with two attached hydrogens (primary N) is 3. The molecule has 10 N–H and O–H groups in total. The molecule has 0 saturated heterocycles. The Labute approximate surface area is 163 Å². The van der Waals surface area contributed by atoms with Gasteiger partial charge in [-0.2, -0.15) is 0 Å². The zero-order chi connectivity index (χ0) is 21.9. The third kappa shape index (κ3) is 10.3. The van der Waals surface area contributed by atoms with Crippen molar-refractivity contribution in [3.8, 4) is 0 Å². The predicted molar refractivity (Wildman–Crippen MR) is 103 cm³/mol. The van der Waals surface area contributed by atoms with E-state index in [4.69, 9.17) is 22.3 Å². The Morgan fingerprint density at radius 1 is 1.00 bits per heavy atom. The van der Waals surface area contributed by atoms with Gasteiger partial charge < -0.3 is 38.3 Å². The molecule has 0 radical (unpaired) electrons. The lowest BCUT2D eigenvalue weighted by Gasteiger charge is -2.22. The van der Waals surface area contributed by atoms with E-state index in [1.165, 1.54) is 6.92 Å². The number of carbonyl (C=O) groups is 4. The summed E-state index contributed by atoms with van der Waals surface area (Å²) in [6.45, 7) is 4.64. The summed E-state index contributed by atoms with van der Waals surface area (Å²) < 4.78 is 0. The summed E-state index contributed by atoms with van der Waals surface area (Å²) in [5.74, 6) is -3.20. The first-order valence-corrected chi connectivity index (χ1v) is 8.86. The van der Waals surface area contributed by atoms with Crippen molar-refractivity contribution in [1.29, 1.82) is 0 Å². The van der Waals surface area contributed by atoms with Gasteiger partial charge in [0, 0.05) is 6.54 Å². The average molecular weight is 401 g/mol. The van der Waals surface area contributed by atoms with E-state index in [0.717, 1.165) is 0 Å². The Morgan fingerprint density at radius 3 is 2.11 bits per heavy atom. The second-order valence-corrected chi connectivity index (χ2v) is 6.62. The maximum atomic E-state index is 12.3. The van der Waals surface area contributed by atoms with Crippen molar-refractivity contribution in [2.24, 2.45) is 28.1 Å². The Hall–Kier alpha value is -2.89. The number of hydrogen-bond acceptors (Lipinski definition) is 6. The molecule has 0 aliphatic carbocycles. The molecule has 0 rings (SSSR count). The highest BCUT2D eigenvalue weighted by molar-refractivity contribution is 5.93. The van der Waals surface area contributed by atoms with Gasteiger partial charge in [-0.15, -0.1) is 0 Å². The summed E-state index contributed by atoms with van der Waals surface area (Å²) in [6.07, 6.45) is 0.530. The van der Waals surface area contributed by atoms with E-state index in [0.29, 0.717) is 6.42 Å². The Bertz CT molecular complexity index is 590. The van der Waals surface area contributed by atoms with E-state index in [1.54, 1.807) is 13.8 Å². The van der Waals surface area contributed by atoms with Crippen LogP contribution in [0.3, 0.4) is 0 Å². The molecule has 0 fully saturated rings. The number of rotatable bonds is 12. The van der Waals surface area contributed by atoms with Crippen molar-refractivity contribution < 1.29 is 24.3 Å². The maximum absolute atomic E-state index is 12.3. The first-order valence-electron chi connectivity index (χ1n) is 8.86. The molecular weight excluding hydrogens is 370 g/mol. The van der Waals surface area contributed by atoms with Gasteiger partial charge in [0.2, 0.25) is 17.7 Å². The summed E-state index contributed by atoms with van der Waals surface area (Å²) in [7, 11) is 0. The molecule has 3 amide bonds. The van der Waals surface area contributed by atoms with Crippen LogP contribution in [0.25, 0.3) is 0 Å². The van der Waals surface area contributed by atoms with E-state index in [1.807, 2.05) is 0 Å². The van der Waals surface area contributed by atoms with Crippen molar-refractivity contribution >= 4 is 29.7 Å². The molecule has 0 aromatic carbocycles. The molecule has 28 heavy (non-hydrogen) atoms. The lowest BCUT2D eigenvalue weighted by molar-refractivity contribution is -0.138. The van der Waals surface area contributed by atoms with E-state index in [2.05, 4.69) is 20.9 Å². The molecule has 3 atom stereocenters. The molecule has 0 heterocycles. The fourth-order valence-corrected chi connectivity index (χ4v) is 2.03. The van der Waals surface area contributed by atoms with Crippen molar-refractivity contribution in [3.05, 3.63) is 0 Å². The number of amides is 3. The van der Waals surface area contributed by atoms with Crippen molar-refractivity contribution in [2.45, 2.75) is 51.7 Å². The number of carbonyl (C=O) groups excluding carboxylic acids is 3. The van der Waals surface area contributed by atoms with Crippen LogP contribution < -0.4 is 33.2 Å². The molecule has 160 valence electrons. The van der Waals surface area contributed by atoms with Gasteiger partial charge in [-0.05, 0) is 25.7 Å². The highest BCUT2D eigenvalue weighted by Gasteiger charge is 2.26. The van der Waals surface area contributed by atoms with Gasteiger partial charge in [-0.25, -0.2) is 0 Å². The molecule has 12 heteroatoms. The molecule has 0 saturated carbocycles. The smallest absolute Gasteiger partial charge is 0.322 e. The summed E-state index contributed by atoms with van der Waals surface area (Å²) in [5.41, 5.74) is 16.2. The number of nitrogens with one attached hydrogen (secondary N) is 3. The second-order valence-electron chi connectivity index (χ2n) is 6.62. The SMILES string of the molecule is CC(NC(=O)C(N)C(C)C)C(=O)NC(CCCN=C(N)N)C(=O)NCC(=O)O. The van der Waals surface area contributed by atoms with Crippen LogP contribution in [0.4, 0.5) is 0 Å². The summed E-state index contributed by atoms with van der Waals surface area (Å²) in [6, 6.07) is -2.73. The van der Waals surface area contributed by atoms with Crippen molar-refractivity contribution in [2.75, 3.05) is 13.1 Å². The topological polar surface area (TPSA) is 215 Å². The van der Waals surface area contributed by atoms with Gasteiger partial charge in [0.1, 0.15) is 18.6 Å². The normalized spacial score (nSPS) is 13.8. The number of carboxylic acids is 1. The summed E-state index contributed by atoms with van der Waals surface area (Å²) in [5, 5.41) is 15.9. The zero-order valence-corrected chi connectivity index (χ0v) is 16.4. The fraction of sp³-hybridized carbons (Fsp3) is 0.688. The van der Waals surface area contributed by atoms with Crippen LogP contribution in [-0.2, 0) is 19.2 Å². The van der Waals surface area contributed by atoms with Gasteiger partial charge in [0.05, 0.1) is 6.04 Å². The highest BCUT2D eigenvalue weighted by Crippen LogP contribution is 2.01. The Kier molecular flexibility index (Phi) is 11.2. The molecular formula is C16H31N7O5. The van der Waals surface area contributed by atoms with E-state index in [9.17, 15) is 19.2 Å². The molecule has 0 bridgehead atoms. The fourth-order valence-electron chi connectivity index (χ4n) is 2.03. The Balaban J connectivity index is 4.90. The lowest BCUT2D eigenvalue weighted by atomic mass is 10.0. The third-order valence-corrected chi connectivity index (χ3v) is 3.77. The number of aliphatic imine (C=N–C) groups is 1. The van der Waals surface area contributed by atoms with E-state index < -0.39 is 48.4 Å². The number of aliphatic carboxylic acids is 1. The van der Waals surface area contributed by atoms with Crippen LogP contribution in [0.15, 0.2) is 4.99 Å². The maximum Gasteiger partial charge on any atom is 0.322 e. The Morgan fingerprint density at radius 2 is 1.61 bits per heavy atom. The minimum Gasteiger partial charge on any atom is -0.480 e. The number of nitrogens with zero attached hydrogens (tertiary/aromatic N) is 1. The molecule has 0 aliphatic heterocycles. The van der Waals surface area contributed by atoms with Gasteiger partial charge >= 0.3 is 5.97 Å². The number of guanidine groups is 1. The van der Waals surface area contributed by atoms with Crippen molar-refractivity contribution in [3.63, 3.8) is 0 Å². The minimum atomic E-state index is -1.22. The van der Waals surface area contributed by atoms with Crippen LogP contribution in [0.2, 0.25) is 0 Å². The first-order chi connectivity index (χ1) is 13.0. The molecule has 0 aromatic rings. The predicted octanol–water partition coefficient (Wildman–Crippen LogP) is -2.79. The number of hydrogen-bond donors (Lipinski definition) is 7. The molecule has 0 spiro atoms. The van der Waals surface area contributed by atoms with Gasteiger partial charge in [-0.3, -0.25) is 24.2 Å². The minimum absolute atomic E-state index is 0.103. The average Bonchev–Trinajstić information content (AvgIpc) is 2.60. The van der Waals surface area contributed by atoms with Crippen LogP contribution >= 0.6 is 0 Å².